The van der Waals surface area contributed by atoms with E-state index >= 15 is 0 Å². The highest BCUT2D eigenvalue weighted by Crippen LogP contribution is 2.43. The molecule has 3 N–H and O–H groups in total. The monoisotopic (exact) mass is 369 g/mol. The van der Waals surface area contributed by atoms with Gasteiger partial charge in [0.2, 0.25) is 0 Å². The summed E-state index contributed by atoms with van der Waals surface area (Å²) in [6.07, 6.45) is 3.18. The zero-order chi connectivity index (χ0) is 19.4. The molecule has 0 amide bonds. The van der Waals surface area contributed by atoms with Gasteiger partial charge in [-0.2, -0.15) is 0 Å². The molecule has 0 bridgehead atoms. The highest BCUT2D eigenvalue weighted by Gasteiger charge is 2.30. The van der Waals surface area contributed by atoms with Gasteiger partial charge in [0.1, 0.15) is 11.5 Å². The molecule has 2 aromatic rings. The fourth-order valence-electron chi connectivity index (χ4n) is 3.89. The molecule has 0 unspecified atom stereocenters. The molecule has 2 atom stereocenters. The maximum absolute atomic E-state index is 10.8. The highest BCUT2D eigenvalue weighted by molar-refractivity contribution is 5.69. The molecule has 1 heterocycles. The van der Waals surface area contributed by atoms with Crippen LogP contribution < -0.4 is 15.2 Å². The van der Waals surface area contributed by atoms with Gasteiger partial charge < -0.3 is 20.3 Å². The van der Waals surface area contributed by atoms with Crippen LogP contribution in [0.1, 0.15) is 54.0 Å². The molecule has 5 nitrogen and oxygen atoms in total. The first-order valence-corrected chi connectivity index (χ1v) is 9.38. The van der Waals surface area contributed by atoms with Gasteiger partial charge in [-0.05, 0) is 60.6 Å². The van der Waals surface area contributed by atoms with E-state index < -0.39 is 5.97 Å². The SMILES string of the molecule is COc1cccc([C@@H](C)N)c1.O=C(O)C[C@H]1CCc2ccc3c(c21)CCO3. The normalized spacial score (nSPS) is 17.8. The van der Waals surface area contributed by atoms with E-state index in [2.05, 4.69) is 6.07 Å². The van der Waals surface area contributed by atoms with Crippen LogP contribution in [-0.2, 0) is 17.6 Å². The van der Waals surface area contributed by atoms with Crippen LogP contribution in [-0.4, -0.2) is 24.8 Å². The Balaban J connectivity index is 0.000000168. The van der Waals surface area contributed by atoms with E-state index in [0.717, 1.165) is 42.9 Å². The molecule has 144 valence electrons. The number of carbonyl (C=O) groups is 1. The Morgan fingerprint density at radius 1 is 1.33 bits per heavy atom. The van der Waals surface area contributed by atoms with Crippen molar-refractivity contribution in [3.05, 3.63) is 58.7 Å². The largest absolute Gasteiger partial charge is 0.497 e. The van der Waals surface area contributed by atoms with E-state index in [-0.39, 0.29) is 18.4 Å². The summed E-state index contributed by atoms with van der Waals surface area (Å²) in [5, 5.41) is 8.92. The first-order valence-electron chi connectivity index (χ1n) is 9.38. The minimum absolute atomic E-state index is 0.0742. The third kappa shape index (κ3) is 4.42. The molecular weight excluding hydrogens is 342 g/mol. The van der Waals surface area contributed by atoms with E-state index in [0.29, 0.717) is 0 Å². The lowest BCUT2D eigenvalue weighted by Crippen LogP contribution is -2.05. The summed E-state index contributed by atoms with van der Waals surface area (Å²) in [6.45, 7) is 2.69. The van der Waals surface area contributed by atoms with E-state index in [9.17, 15) is 4.79 Å². The van der Waals surface area contributed by atoms with Gasteiger partial charge in [-0.1, -0.05) is 18.2 Å². The molecule has 1 aliphatic carbocycles. The van der Waals surface area contributed by atoms with Crippen LogP contribution >= 0.6 is 0 Å². The van der Waals surface area contributed by atoms with E-state index in [1.807, 2.05) is 37.3 Å². The van der Waals surface area contributed by atoms with Crippen molar-refractivity contribution in [1.29, 1.82) is 0 Å². The van der Waals surface area contributed by atoms with Crippen molar-refractivity contribution in [2.24, 2.45) is 5.73 Å². The number of hydrogen-bond donors (Lipinski definition) is 2. The summed E-state index contributed by atoms with van der Waals surface area (Å²) in [6, 6.07) is 12.0. The predicted molar refractivity (Wildman–Crippen MR) is 105 cm³/mol. The number of hydrogen-bond acceptors (Lipinski definition) is 4. The van der Waals surface area contributed by atoms with E-state index in [1.54, 1.807) is 7.11 Å². The molecule has 0 radical (unpaired) electrons. The van der Waals surface area contributed by atoms with Crippen LogP contribution in [0.2, 0.25) is 0 Å². The molecule has 0 saturated heterocycles. The van der Waals surface area contributed by atoms with Gasteiger partial charge in [-0.25, -0.2) is 0 Å². The van der Waals surface area contributed by atoms with Gasteiger partial charge in [-0.15, -0.1) is 0 Å². The lowest BCUT2D eigenvalue weighted by Gasteiger charge is -2.12. The fraction of sp³-hybridized carbons (Fsp3) is 0.409. The van der Waals surface area contributed by atoms with Crippen molar-refractivity contribution in [1.82, 2.24) is 0 Å². The smallest absolute Gasteiger partial charge is 0.303 e. The standard InChI is InChI=1S/C13H14O3.C9H13NO/c14-12(15)7-9-2-1-8-3-4-11-10(13(8)9)5-6-16-11;1-7(10)8-4-3-5-9(6-8)11-2/h3-4,9H,1-2,5-7H2,(H,14,15);3-7H,10H2,1-2H3/t9-;7-/m11/s1. The lowest BCUT2D eigenvalue weighted by atomic mass is 9.92. The number of carboxylic acid groups (broad SMARTS) is 1. The predicted octanol–water partition coefficient (Wildman–Crippen LogP) is 3.84. The van der Waals surface area contributed by atoms with Crippen LogP contribution in [0.5, 0.6) is 11.5 Å². The molecular formula is C22H27NO4. The molecule has 2 aromatic carbocycles. The van der Waals surface area contributed by atoms with Crippen molar-refractivity contribution in [2.45, 2.75) is 44.6 Å². The van der Waals surface area contributed by atoms with Crippen LogP contribution in [0.3, 0.4) is 0 Å². The van der Waals surface area contributed by atoms with Crippen LogP contribution in [0.15, 0.2) is 36.4 Å². The zero-order valence-corrected chi connectivity index (χ0v) is 15.9. The number of fused-ring (bicyclic) bond motifs is 3. The molecule has 4 rings (SSSR count). The van der Waals surface area contributed by atoms with Gasteiger partial charge in [0.05, 0.1) is 20.1 Å². The molecule has 27 heavy (non-hydrogen) atoms. The lowest BCUT2D eigenvalue weighted by molar-refractivity contribution is -0.137. The van der Waals surface area contributed by atoms with Crippen molar-refractivity contribution >= 4 is 5.97 Å². The number of ether oxygens (including phenoxy) is 2. The molecule has 2 aliphatic rings. The quantitative estimate of drug-likeness (QED) is 0.856. The number of aryl methyl sites for hydroxylation is 1. The van der Waals surface area contributed by atoms with Crippen LogP contribution in [0.25, 0.3) is 0 Å². The second-order valence-corrected chi connectivity index (χ2v) is 7.11. The van der Waals surface area contributed by atoms with Crippen LogP contribution in [0.4, 0.5) is 0 Å². The molecule has 1 aliphatic heterocycles. The third-order valence-corrected chi connectivity index (χ3v) is 5.23. The number of carboxylic acids is 1. The first kappa shape index (κ1) is 19.2. The number of methoxy groups -OCH3 is 1. The second-order valence-electron chi connectivity index (χ2n) is 7.11. The fourth-order valence-corrected chi connectivity index (χ4v) is 3.89. The molecule has 0 aromatic heterocycles. The summed E-state index contributed by atoms with van der Waals surface area (Å²) in [5.41, 5.74) is 10.7. The Bertz CT molecular complexity index is 816. The zero-order valence-electron chi connectivity index (χ0n) is 15.9. The number of benzene rings is 2. The Kier molecular flexibility index (Phi) is 6.01. The van der Waals surface area contributed by atoms with Crippen molar-refractivity contribution in [2.75, 3.05) is 13.7 Å². The maximum atomic E-state index is 10.8. The Hall–Kier alpha value is -2.53. The summed E-state index contributed by atoms with van der Waals surface area (Å²) in [5.74, 6) is 1.33. The van der Waals surface area contributed by atoms with Gasteiger partial charge in [0, 0.05) is 18.0 Å². The summed E-state index contributed by atoms with van der Waals surface area (Å²) in [4.78, 5) is 10.8. The second kappa shape index (κ2) is 8.44. The van der Waals surface area contributed by atoms with E-state index in [4.69, 9.17) is 20.3 Å². The molecule has 0 spiro atoms. The van der Waals surface area contributed by atoms with Crippen molar-refractivity contribution in [3.63, 3.8) is 0 Å². The van der Waals surface area contributed by atoms with Gasteiger partial charge >= 0.3 is 5.97 Å². The number of rotatable bonds is 4. The minimum atomic E-state index is -0.700. The molecule has 0 fully saturated rings. The average Bonchev–Trinajstić information content (AvgIpc) is 3.28. The Morgan fingerprint density at radius 3 is 2.85 bits per heavy atom. The Labute approximate surface area is 160 Å². The summed E-state index contributed by atoms with van der Waals surface area (Å²) >= 11 is 0. The maximum Gasteiger partial charge on any atom is 0.303 e. The Morgan fingerprint density at radius 2 is 2.15 bits per heavy atom. The number of aliphatic carboxylic acids is 1. The first-order chi connectivity index (χ1) is 13.0. The van der Waals surface area contributed by atoms with E-state index in [1.165, 1.54) is 16.7 Å². The van der Waals surface area contributed by atoms with Gasteiger partial charge in [0.25, 0.3) is 0 Å². The molecule has 0 saturated carbocycles. The topological polar surface area (TPSA) is 81.8 Å². The van der Waals surface area contributed by atoms with Crippen LogP contribution in [0, 0.1) is 0 Å². The summed E-state index contributed by atoms with van der Waals surface area (Å²) < 4.78 is 10.6. The highest BCUT2D eigenvalue weighted by atomic mass is 16.5. The summed E-state index contributed by atoms with van der Waals surface area (Å²) in [7, 11) is 1.65. The van der Waals surface area contributed by atoms with Crippen molar-refractivity contribution in [3.8, 4) is 11.5 Å². The van der Waals surface area contributed by atoms with Crippen molar-refractivity contribution < 1.29 is 19.4 Å². The number of nitrogens with two attached hydrogens (primary N) is 1. The van der Waals surface area contributed by atoms with Gasteiger partial charge in [-0.3, -0.25) is 4.79 Å². The molecule has 5 heteroatoms. The third-order valence-electron chi connectivity index (χ3n) is 5.23. The van der Waals surface area contributed by atoms with Gasteiger partial charge in [0.15, 0.2) is 0 Å². The average molecular weight is 369 g/mol. The minimum Gasteiger partial charge on any atom is -0.497 e.